The summed E-state index contributed by atoms with van der Waals surface area (Å²) in [6.07, 6.45) is 11.5. The number of carboxylic acid groups (broad SMARTS) is 1. The molecule has 2 atom stereocenters. The monoisotopic (exact) mass is 346 g/mol. The van der Waals surface area contributed by atoms with E-state index < -0.39 is 5.97 Å². The topological polar surface area (TPSA) is 71.4 Å². The van der Waals surface area contributed by atoms with Gasteiger partial charge in [0, 0.05) is 38.0 Å². The average Bonchev–Trinajstić information content (AvgIpc) is 2.92. The number of aliphatic carboxylic acids is 1. The summed E-state index contributed by atoms with van der Waals surface area (Å²) in [5.74, 6) is 5.76. The second-order valence-electron chi connectivity index (χ2n) is 6.72. The van der Waals surface area contributed by atoms with Gasteiger partial charge in [-0.3, -0.25) is 14.4 Å². The lowest BCUT2D eigenvalue weighted by Crippen LogP contribution is -2.12. The van der Waals surface area contributed by atoms with Crippen LogP contribution in [0.2, 0.25) is 0 Å². The van der Waals surface area contributed by atoms with Crippen molar-refractivity contribution >= 4 is 17.5 Å². The molecule has 2 unspecified atom stereocenters. The summed E-state index contributed by atoms with van der Waals surface area (Å²) < 4.78 is 0. The lowest BCUT2D eigenvalue weighted by Gasteiger charge is -2.11. The summed E-state index contributed by atoms with van der Waals surface area (Å²) in [5, 5.41) is 8.56. The number of rotatable bonds is 11. The minimum atomic E-state index is -0.775. The van der Waals surface area contributed by atoms with Crippen LogP contribution in [0, 0.1) is 23.7 Å². The minimum Gasteiger partial charge on any atom is -0.481 e. The highest BCUT2D eigenvalue weighted by molar-refractivity contribution is 5.90. The number of carbonyl (C=O) groups excluding carboxylic acids is 2. The van der Waals surface area contributed by atoms with Crippen LogP contribution < -0.4 is 0 Å². The number of hydrogen-bond acceptors (Lipinski definition) is 3. The van der Waals surface area contributed by atoms with E-state index in [1.807, 2.05) is 6.08 Å². The number of carboxylic acids is 1. The van der Waals surface area contributed by atoms with Gasteiger partial charge in [0.2, 0.25) is 0 Å². The molecule has 0 radical (unpaired) electrons. The van der Waals surface area contributed by atoms with E-state index >= 15 is 0 Å². The zero-order chi connectivity index (χ0) is 18.5. The summed E-state index contributed by atoms with van der Waals surface area (Å²) in [5.41, 5.74) is 0. The minimum absolute atomic E-state index is 0.0915. The second kappa shape index (κ2) is 12.5. The van der Waals surface area contributed by atoms with Gasteiger partial charge in [0.15, 0.2) is 5.78 Å². The Morgan fingerprint density at radius 3 is 2.64 bits per heavy atom. The van der Waals surface area contributed by atoms with Crippen LogP contribution in [0.3, 0.4) is 0 Å². The predicted octanol–water partition coefficient (Wildman–Crippen LogP) is 4.33. The third kappa shape index (κ3) is 9.24. The van der Waals surface area contributed by atoms with Crippen molar-refractivity contribution in [2.75, 3.05) is 0 Å². The van der Waals surface area contributed by atoms with Crippen LogP contribution >= 0.6 is 0 Å². The van der Waals surface area contributed by atoms with Crippen LogP contribution in [0.1, 0.15) is 77.6 Å². The molecule has 1 rings (SSSR count). The number of carbonyl (C=O) groups is 3. The summed E-state index contributed by atoms with van der Waals surface area (Å²) in [4.78, 5) is 34.3. The van der Waals surface area contributed by atoms with Gasteiger partial charge >= 0.3 is 5.97 Å². The summed E-state index contributed by atoms with van der Waals surface area (Å²) >= 11 is 0. The number of unbranched alkanes of at least 4 members (excludes halogenated alkanes) is 4. The quantitative estimate of drug-likeness (QED) is 0.343. The molecule has 1 aliphatic carbocycles. The molecule has 1 fully saturated rings. The number of allylic oxidation sites excluding steroid dienone is 2. The Kier molecular flexibility index (Phi) is 10.6. The lowest BCUT2D eigenvalue weighted by molar-refractivity contribution is -0.137. The van der Waals surface area contributed by atoms with E-state index in [9.17, 15) is 14.4 Å². The van der Waals surface area contributed by atoms with Gasteiger partial charge in [0.25, 0.3) is 0 Å². The first-order valence-electron chi connectivity index (χ1n) is 9.45. The molecule has 0 aromatic heterocycles. The molecule has 138 valence electrons. The number of hydrogen-bond donors (Lipinski definition) is 1. The molecule has 0 spiro atoms. The smallest absolute Gasteiger partial charge is 0.303 e. The maximum absolute atomic E-state index is 12.0. The average molecular weight is 346 g/mol. The van der Waals surface area contributed by atoms with Gasteiger partial charge in [0.1, 0.15) is 5.78 Å². The highest BCUT2D eigenvalue weighted by atomic mass is 16.4. The van der Waals surface area contributed by atoms with Crippen LogP contribution in [-0.2, 0) is 14.4 Å². The van der Waals surface area contributed by atoms with Crippen LogP contribution in [0.4, 0.5) is 0 Å². The van der Waals surface area contributed by atoms with E-state index in [4.69, 9.17) is 5.11 Å². The lowest BCUT2D eigenvalue weighted by atomic mass is 9.91. The van der Waals surface area contributed by atoms with Gasteiger partial charge in [-0.25, -0.2) is 0 Å². The number of Topliss-reactive ketones (excluding diaryl/α,β-unsaturated/α-hetero) is 1. The normalized spacial score (nSPS) is 19.8. The van der Waals surface area contributed by atoms with Crippen molar-refractivity contribution in [3.8, 4) is 11.8 Å². The molecule has 1 aliphatic rings. The van der Waals surface area contributed by atoms with E-state index in [1.165, 1.54) is 0 Å². The van der Waals surface area contributed by atoms with Gasteiger partial charge < -0.3 is 5.11 Å². The molecule has 1 saturated carbocycles. The van der Waals surface area contributed by atoms with Gasteiger partial charge in [-0.1, -0.05) is 25.8 Å². The van der Waals surface area contributed by atoms with Crippen molar-refractivity contribution in [3.63, 3.8) is 0 Å². The molecule has 0 aromatic rings. The molecular formula is C21H30O4. The molecule has 4 nitrogen and oxygen atoms in total. The Hall–Kier alpha value is -1.89. The molecule has 0 bridgehead atoms. The Labute approximate surface area is 151 Å². The van der Waals surface area contributed by atoms with Crippen LogP contribution in [0.25, 0.3) is 0 Å². The molecule has 0 heterocycles. The number of ketones is 2. The third-order valence-corrected chi connectivity index (χ3v) is 4.60. The highest BCUT2D eigenvalue weighted by Crippen LogP contribution is 2.32. The molecule has 0 saturated heterocycles. The second-order valence-corrected chi connectivity index (χ2v) is 6.72. The molecule has 0 aromatic carbocycles. The first-order chi connectivity index (χ1) is 12.0. The maximum atomic E-state index is 12.0. The fraction of sp³-hybridized carbons (Fsp3) is 0.667. The molecule has 0 aliphatic heterocycles. The fourth-order valence-corrected chi connectivity index (χ4v) is 3.05. The van der Waals surface area contributed by atoms with Crippen molar-refractivity contribution in [2.45, 2.75) is 77.6 Å². The fourth-order valence-electron chi connectivity index (χ4n) is 3.05. The predicted molar refractivity (Wildman–Crippen MR) is 98.0 cm³/mol. The van der Waals surface area contributed by atoms with Crippen LogP contribution in [0.5, 0.6) is 0 Å². The SMILES string of the molecule is CCCCCC(=O)C=CC1CCC(=O)C1CC#CCCCCC(=O)O. The Morgan fingerprint density at radius 2 is 1.92 bits per heavy atom. The van der Waals surface area contributed by atoms with Crippen molar-refractivity contribution in [3.05, 3.63) is 12.2 Å². The van der Waals surface area contributed by atoms with E-state index in [-0.39, 0.29) is 29.8 Å². The van der Waals surface area contributed by atoms with Gasteiger partial charge in [0.05, 0.1) is 0 Å². The zero-order valence-electron chi connectivity index (χ0n) is 15.3. The Morgan fingerprint density at radius 1 is 1.16 bits per heavy atom. The standard InChI is InChI=1S/C21H30O4/c1-2-3-7-10-18(22)15-13-17-14-16-20(23)19(17)11-8-5-4-6-9-12-21(24)25/h13,15,17,19H,2-4,6-7,9-12,14,16H2,1H3,(H,24,25). The summed E-state index contributed by atoms with van der Waals surface area (Å²) in [7, 11) is 0. The Bertz CT molecular complexity index is 536. The van der Waals surface area contributed by atoms with E-state index in [0.717, 1.165) is 32.1 Å². The summed E-state index contributed by atoms with van der Waals surface area (Å²) in [6.45, 7) is 2.11. The Balaban J connectivity index is 2.37. The van der Waals surface area contributed by atoms with E-state index in [2.05, 4.69) is 18.8 Å². The van der Waals surface area contributed by atoms with Crippen molar-refractivity contribution < 1.29 is 19.5 Å². The van der Waals surface area contributed by atoms with Gasteiger partial charge in [-0.2, -0.15) is 0 Å². The summed E-state index contributed by atoms with van der Waals surface area (Å²) in [6, 6.07) is 0. The van der Waals surface area contributed by atoms with Gasteiger partial charge in [-0.05, 0) is 37.7 Å². The van der Waals surface area contributed by atoms with Crippen LogP contribution in [-0.4, -0.2) is 22.6 Å². The third-order valence-electron chi connectivity index (χ3n) is 4.60. The molecule has 0 amide bonds. The van der Waals surface area contributed by atoms with Crippen molar-refractivity contribution in [1.82, 2.24) is 0 Å². The largest absolute Gasteiger partial charge is 0.481 e. The zero-order valence-corrected chi connectivity index (χ0v) is 15.3. The van der Waals surface area contributed by atoms with E-state index in [0.29, 0.717) is 32.1 Å². The van der Waals surface area contributed by atoms with E-state index in [1.54, 1.807) is 6.08 Å². The first-order valence-corrected chi connectivity index (χ1v) is 9.45. The molecule has 1 N–H and O–H groups in total. The highest BCUT2D eigenvalue weighted by Gasteiger charge is 2.32. The molecule has 25 heavy (non-hydrogen) atoms. The first kappa shape index (κ1) is 21.2. The van der Waals surface area contributed by atoms with Crippen molar-refractivity contribution in [2.24, 2.45) is 11.8 Å². The maximum Gasteiger partial charge on any atom is 0.303 e. The van der Waals surface area contributed by atoms with Crippen molar-refractivity contribution in [1.29, 1.82) is 0 Å². The van der Waals surface area contributed by atoms with Crippen LogP contribution in [0.15, 0.2) is 12.2 Å². The molecule has 4 heteroatoms. The molecular weight excluding hydrogens is 316 g/mol. The van der Waals surface area contributed by atoms with Gasteiger partial charge in [-0.15, -0.1) is 11.8 Å².